The minimum absolute atomic E-state index is 0.0615. The fourth-order valence-corrected chi connectivity index (χ4v) is 4.21. The first-order valence-electron chi connectivity index (χ1n) is 8.87. The molecule has 3 aliphatic heterocycles. The first-order valence-corrected chi connectivity index (χ1v) is 8.87. The Morgan fingerprint density at radius 1 is 1.35 bits per heavy atom. The number of amides is 3. The van der Waals surface area contributed by atoms with Crippen LogP contribution in [-0.2, 0) is 9.53 Å². The molecule has 0 aromatic carbocycles. The molecule has 0 aromatic rings. The van der Waals surface area contributed by atoms with Crippen LogP contribution in [-0.4, -0.2) is 66.2 Å². The maximum absolute atomic E-state index is 12.8. The Morgan fingerprint density at radius 2 is 2.13 bits per heavy atom. The molecule has 0 aliphatic carbocycles. The van der Waals surface area contributed by atoms with Crippen LogP contribution >= 0.6 is 0 Å². The third-order valence-electron chi connectivity index (χ3n) is 5.63. The van der Waals surface area contributed by atoms with Gasteiger partial charge in [-0.25, -0.2) is 4.79 Å². The molecule has 0 spiro atoms. The molecule has 0 saturated carbocycles. The summed E-state index contributed by atoms with van der Waals surface area (Å²) in [5, 5.41) is 2.98. The maximum Gasteiger partial charge on any atom is 0.325 e. The van der Waals surface area contributed by atoms with Gasteiger partial charge < -0.3 is 15.0 Å². The number of ether oxygens (including phenoxy) is 1. The molecule has 3 atom stereocenters. The highest BCUT2D eigenvalue weighted by Crippen LogP contribution is 2.33. The Bertz CT molecular complexity index is 476. The molecular weight excluding hydrogens is 294 g/mol. The molecule has 130 valence electrons. The van der Waals surface area contributed by atoms with E-state index in [1.54, 1.807) is 0 Å². The van der Waals surface area contributed by atoms with Crippen molar-refractivity contribution in [3.63, 3.8) is 0 Å². The molecule has 3 rings (SSSR count). The molecular formula is C17H29N3O3. The maximum atomic E-state index is 12.8. The van der Waals surface area contributed by atoms with E-state index in [0.717, 1.165) is 52.1 Å². The van der Waals surface area contributed by atoms with E-state index in [-0.39, 0.29) is 23.9 Å². The first kappa shape index (κ1) is 16.7. The van der Waals surface area contributed by atoms with E-state index >= 15 is 0 Å². The van der Waals surface area contributed by atoms with Gasteiger partial charge in [-0.15, -0.1) is 0 Å². The number of imide groups is 1. The van der Waals surface area contributed by atoms with Gasteiger partial charge >= 0.3 is 6.03 Å². The molecule has 3 saturated heterocycles. The predicted octanol–water partition coefficient (Wildman–Crippen LogP) is 1.45. The van der Waals surface area contributed by atoms with Crippen molar-refractivity contribution in [2.24, 2.45) is 11.8 Å². The fourth-order valence-electron chi connectivity index (χ4n) is 4.21. The molecule has 1 N–H and O–H groups in total. The van der Waals surface area contributed by atoms with Crippen LogP contribution in [0.1, 0.15) is 40.0 Å². The van der Waals surface area contributed by atoms with Gasteiger partial charge in [0.05, 0.1) is 6.61 Å². The standard InChI is InChI=1S/C17H29N3O3/c1-12(2)20-15(21)17(3,18-16(20)22)14-5-4-7-19(10-14)9-13-6-8-23-11-13/h12-14H,4-11H2,1-3H3,(H,18,22)/t13-,14+,17+/m0/s1. The third-order valence-corrected chi connectivity index (χ3v) is 5.63. The number of urea groups is 1. The number of likely N-dealkylation sites (tertiary alicyclic amines) is 1. The van der Waals surface area contributed by atoms with E-state index in [9.17, 15) is 9.59 Å². The predicted molar refractivity (Wildman–Crippen MR) is 87.0 cm³/mol. The van der Waals surface area contributed by atoms with E-state index < -0.39 is 5.54 Å². The fraction of sp³-hybridized carbons (Fsp3) is 0.882. The van der Waals surface area contributed by atoms with Crippen LogP contribution in [0.2, 0.25) is 0 Å². The van der Waals surface area contributed by atoms with Crippen molar-refractivity contribution in [1.82, 2.24) is 15.1 Å². The average Bonchev–Trinajstić information content (AvgIpc) is 3.07. The van der Waals surface area contributed by atoms with Gasteiger partial charge in [-0.1, -0.05) is 0 Å². The molecule has 3 heterocycles. The average molecular weight is 323 g/mol. The molecule has 6 heteroatoms. The Labute approximate surface area is 138 Å². The second-order valence-corrected chi connectivity index (χ2v) is 7.73. The molecule has 0 unspecified atom stereocenters. The van der Waals surface area contributed by atoms with Gasteiger partial charge in [0.2, 0.25) is 0 Å². The number of nitrogens with zero attached hydrogens (tertiary/aromatic N) is 2. The van der Waals surface area contributed by atoms with E-state index in [1.807, 2.05) is 20.8 Å². The Balaban J connectivity index is 1.67. The summed E-state index contributed by atoms with van der Waals surface area (Å²) in [7, 11) is 0. The summed E-state index contributed by atoms with van der Waals surface area (Å²) >= 11 is 0. The largest absolute Gasteiger partial charge is 0.381 e. The quantitative estimate of drug-likeness (QED) is 0.796. The zero-order valence-corrected chi connectivity index (χ0v) is 14.5. The third kappa shape index (κ3) is 3.11. The highest BCUT2D eigenvalue weighted by molar-refractivity contribution is 6.07. The van der Waals surface area contributed by atoms with Crippen molar-refractivity contribution >= 4 is 11.9 Å². The van der Waals surface area contributed by atoms with Gasteiger partial charge in [0, 0.05) is 31.7 Å². The van der Waals surface area contributed by atoms with Crippen LogP contribution in [0.4, 0.5) is 4.79 Å². The number of hydrogen-bond acceptors (Lipinski definition) is 4. The molecule has 0 bridgehead atoms. The van der Waals surface area contributed by atoms with Crippen molar-refractivity contribution in [2.45, 2.75) is 51.6 Å². The molecule has 0 radical (unpaired) electrons. The second kappa shape index (κ2) is 6.40. The topological polar surface area (TPSA) is 61.9 Å². The van der Waals surface area contributed by atoms with Gasteiger partial charge in [-0.05, 0) is 52.5 Å². The lowest BCUT2D eigenvalue weighted by atomic mass is 9.79. The summed E-state index contributed by atoms with van der Waals surface area (Å²) in [6.07, 6.45) is 3.21. The molecule has 23 heavy (non-hydrogen) atoms. The summed E-state index contributed by atoms with van der Waals surface area (Å²) in [5.41, 5.74) is -0.758. The summed E-state index contributed by atoms with van der Waals surface area (Å²) in [6.45, 7) is 10.4. The zero-order valence-electron chi connectivity index (χ0n) is 14.5. The molecule has 3 fully saturated rings. The van der Waals surface area contributed by atoms with Crippen molar-refractivity contribution in [1.29, 1.82) is 0 Å². The van der Waals surface area contributed by atoms with Gasteiger partial charge in [0.15, 0.2) is 0 Å². The second-order valence-electron chi connectivity index (χ2n) is 7.73. The van der Waals surface area contributed by atoms with E-state index in [2.05, 4.69) is 10.2 Å². The monoisotopic (exact) mass is 323 g/mol. The van der Waals surface area contributed by atoms with Gasteiger partial charge in [0.1, 0.15) is 5.54 Å². The molecule has 6 nitrogen and oxygen atoms in total. The Morgan fingerprint density at radius 3 is 2.74 bits per heavy atom. The van der Waals surface area contributed by atoms with Crippen LogP contribution < -0.4 is 5.32 Å². The van der Waals surface area contributed by atoms with Gasteiger partial charge in [-0.3, -0.25) is 9.69 Å². The zero-order chi connectivity index (χ0) is 16.6. The molecule has 3 amide bonds. The lowest BCUT2D eigenvalue weighted by Crippen LogP contribution is -2.56. The minimum atomic E-state index is -0.758. The lowest BCUT2D eigenvalue weighted by Gasteiger charge is -2.40. The summed E-state index contributed by atoms with van der Waals surface area (Å²) in [5.74, 6) is 0.731. The van der Waals surface area contributed by atoms with E-state index in [1.165, 1.54) is 4.90 Å². The lowest BCUT2D eigenvalue weighted by molar-refractivity contribution is -0.134. The van der Waals surface area contributed by atoms with Crippen LogP contribution in [0.5, 0.6) is 0 Å². The number of piperidine rings is 1. The normalized spacial score (nSPS) is 36.1. The molecule has 3 aliphatic rings. The van der Waals surface area contributed by atoms with Gasteiger partial charge in [-0.2, -0.15) is 0 Å². The summed E-state index contributed by atoms with van der Waals surface area (Å²) < 4.78 is 5.47. The highest BCUT2D eigenvalue weighted by Gasteiger charge is 2.53. The smallest absolute Gasteiger partial charge is 0.325 e. The van der Waals surface area contributed by atoms with Crippen LogP contribution in [0.15, 0.2) is 0 Å². The van der Waals surface area contributed by atoms with Gasteiger partial charge in [0.25, 0.3) is 5.91 Å². The SMILES string of the molecule is CC(C)N1C(=O)N[C@](C)([C@@H]2CCCN(C[C@@H]3CCOC3)C2)C1=O. The Hall–Kier alpha value is -1.14. The van der Waals surface area contributed by atoms with Crippen LogP contribution in [0.25, 0.3) is 0 Å². The van der Waals surface area contributed by atoms with Crippen LogP contribution in [0, 0.1) is 11.8 Å². The highest BCUT2D eigenvalue weighted by atomic mass is 16.5. The summed E-state index contributed by atoms with van der Waals surface area (Å²) in [4.78, 5) is 28.9. The first-order chi connectivity index (χ1) is 10.9. The number of carbonyl (C=O) groups is 2. The van der Waals surface area contributed by atoms with Crippen molar-refractivity contribution in [3.05, 3.63) is 0 Å². The summed E-state index contributed by atoms with van der Waals surface area (Å²) in [6, 6.07) is -0.339. The van der Waals surface area contributed by atoms with E-state index in [4.69, 9.17) is 4.74 Å². The van der Waals surface area contributed by atoms with Crippen molar-refractivity contribution < 1.29 is 14.3 Å². The Kier molecular flexibility index (Phi) is 4.65. The number of hydrogen-bond donors (Lipinski definition) is 1. The van der Waals surface area contributed by atoms with Crippen molar-refractivity contribution in [3.8, 4) is 0 Å². The number of rotatable bonds is 4. The molecule has 0 aromatic heterocycles. The number of carbonyl (C=O) groups excluding carboxylic acids is 2. The van der Waals surface area contributed by atoms with Crippen LogP contribution in [0.3, 0.4) is 0 Å². The van der Waals surface area contributed by atoms with E-state index in [0.29, 0.717) is 5.92 Å². The van der Waals surface area contributed by atoms with Crippen molar-refractivity contribution in [2.75, 3.05) is 32.8 Å². The number of nitrogens with one attached hydrogen (secondary N) is 1. The minimum Gasteiger partial charge on any atom is -0.381 e.